The van der Waals surface area contributed by atoms with Crippen molar-refractivity contribution in [3.8, 4) is 0 Å². The normalized spacial score (nSPS) is 42.1. The molecule has 0 radical (unpaired) electrons. The molecule has 68 valence electrons. The van der Waals surface area contributed by atoms with E-state index in [0.29, 0.717) is 11.8 Å². The summed E-state index contributed by atoms with van der Waals surface area (Å²) in [5, 5.41) is 0. The highest BCUT2D eigenvalue weighted by atomic mass is 16.1. The molecule has 0 amide bonds. The lowest BCUT2D eigenvalue weighted by molar-refractivity contribution is -0.104. The van der Waals surface area contributed by atoms with Crippen molar-refractivity contribution in [3.63, 3.8) is 0 Å². The molecule has 0 aromatic heterocycles. The van der Waals surface area contributed by atoms with Gasteiger partial charge >= 0.3 is 0 Å². The number of rotatable bonds is 2. The van der Waals surface area contributed by atoms with Gasteiger partial charge in [-0.1, -0.05) is 37.3 Å². The minimum atomic E-state index is 0.0281. The lowest BCUT2D eigenvalue weighted by atomic mass is 9.74. The second-order valence-electron chi connectivity index (χ2n) is 4.14. The fraction of sp³-hybridized carbons (Fsp3) is 0.417. The number of carbonyl (C=O) groups excluding carboxylic acids is 1. The van der Waals surface area contributed by atoms with Crippen LogP contribution in [0.25, 0.3) is 0 Å². The van der Waals surface area contributed by atoms with Crippen LogP contribution in [0.5, 0.6) is 0 Å². The molecular weight excluding hydrogens is 160 g/mol. The summed E-state index contributed by atoms with van der Waals surface area (Å²) in [5.41, 5.74) is 1.29. The molecule has 1 heteroatoms. The summed E-state index contributed by atoms with van der Waals surface area (Å²) >= 11 is 0. The van der Waals surface area contributed by atoms with Gasteiger partial charge in [0, 0.05) is 5.41 Å². The molecule has 3 atom stereocenters. The predicted octanol–water partition coefficient (Wildman–Crippen LogP) is 2.51. The molecule has 0 heterocycles. The Morgan fingerprint density at radius 1 is 1.62 bits per heavy atom. The average Bonchev–Trinajstić information content (AvgIpc) is 2.68. The van der Waals surface area contributed by atoms with Gasteiger partial charge < -0.3 is 0 Å². The summed E-state index contributed by atoms with van der Waals surface area (Å²) in [4.78, 5) is 10.3. The van der Waals surface area contributed by atoms with Crippen LogP contribution < -0.4 is 0 Å². The number of allylic oxidation sites excluding steroid dienone is 5. The third-order valence-corrected chi connectivity index (χ3v) is 3.51. The van der Waals surface area contributed by atoms with Crippen molar-refractivity contribution in [1.29, 1.82) is 0 Å². The topological polar surface area (TPSA) is 17.1 Å². The molecule has 13 heavy (non-hydrogen) atoms. The molecule has 0 saturated heterocycles. The monoisotopic (exact) mass is 174 g/mol. The average molecular weight is 174 g/mol. The molecule has 1 nitrogen and oxygen atoms in total. The molecule has 2 bridgehead atoms. The van der Waals surface area contributed by atoms with Gasteiger partial charge in [-0.15, -0.1) is 0 Å². The highest BCUT2D eigenvalue weighted by molar-refractivity contribution is 5.65. The van der Waals surface area contributed by atoms with Gasteiger partial charge in [0.15, 0.2) is 0 Å². The molecule has 0 unspecified atom stereocenters. The van der Waals surface area contributed by atoms with E-state index in [4.69, 9.17) is 0 Å². The number of fused-ring (bicyclic) bond motifs is 2. The molecule has 2 aliphatic rings. The Kier molecular flexibility index (Phi) is 1.76. The van der Waals surface area contributed by atoms with Crippen LogP contribution in [0.15, 0.2) is 36.5 Å². The highest BCUT2D eigenvalue weighted by Crippen LogP contribution is 2.55. The summed E-state index contributed by atoms with van der Waals surface area (Å²) in [6, 6.07) is 0. The van der Waals surface area contributed by atoms with E-state index in [1.165, 1.54) is 12.0 Å². The van der Waals surface area contributed by atoms with Crippen molar-refractivity contribution in [2.75, 3.05) is 0 Å². The van der Waals surface area contributed by atoms with Gasteiger partial charge in [-0.2, -0.15) is 0 Å². The van der Waals surface area contributed by atoms with Crippen molar-refractivity contribution in [3.05, 3.63) is 36.5 Å². The zero-order valence-corrected chi connectivity index (χ0v) is 7.86. The van der Waals surface area contributed by atoms with Crippen LogP contribution in [0.1, 0.15) is 13.3 Å². The zero-order chi connectivity index (χ0) is 9.47. The third kappa shape index (κ3) is 1.03. The molecule has 0 aliphatic heterocycles. The summed E-state index contributed by atoms with van der Waals surface area (Å²) in [7, 11) is 0. The van der Waals surface area contributed by atoms with Crippen LogP contribution in [-0.2, 0) is 4.79 Å². The van der Waals surface area contributed by atoms with Gasteiger partial charge in [0.25, 0.3) is 0 Å². The van der Waals surface area contributed by atoms with Gasteiger partial charge in [-0.25, -0.2) is 0 Å². The van der Waals surface area contributed by atoms with Crippen molar-refractivity contribution in [2.45, 2.75) is 13.3 Å². The van der Waals surface area contributed by atoms with Gasteiger partial charge in [0.2, 0.25) is 0 Å². The second-order valence-corrected chi connectivity index (χ2v) is 4.14. The maximum atomic E-state index is 10.3. The van der Waals surface area contributed by atoms with Gasteiger partial charge in [0.05, 0.1) is 0 Å². The van der Waals surface area contributed by atoms with E-state index in [9.17, 15) is 4.79 Å². The number of aldehydes is 1. The molecule has 0 N–H and O–H groups in total. The predicted molar refractivity (Wildman–Crippen MR) is 53.2 cm³/mol. The van der Waals surface area contributed by atoms with Crippen LogP contribution >= 0.6 is 0 Å². The first-order chi connectivity index (χ1) is 6.18. The molecule has 2 aliphatic carbocycles. The standard InChI is InChI=1S/C12H14O/c1-9-10-4-5-11(8-10)12(9,2)6-3-7-13/h3-7,10-11H,1,8H2,2H3/b6-3-/t10-,11+,12-/m1/s1. The van der Waals surface area contributed by atoms with Crippen molar-refractivity contribution >= 4 is 6.29 Å². The maximum Gasteiger partial charge on any atom is 0.142 e. The van der Waals surface area contributed by atoms with Gasteiger partial charge in [0.1, 0.15) is 6.29 Å². The smallest absolute Gasteiger partial charge is 0.142 e. The van der Waals surface area contributed by atoms with Crippen molar-refractivity contribution in [2.24, 2.45) is 17.3 Å². The summed E-state index contributed by atoms with van der Waals surface area (Å²) < 4.78 is 0. The van der Waals surface area contributed by atoms with E-state index in [-0.39, 0.29) is 5.41 Å². The van der Waals surface area contributed by atoms with Crippen LogP contribution in [-0.4, -0.2) is 6.29 Å². The van der Waals surface area contributed by atoms with Gasteiger partial charge in [-0.05, 0) is 24.3 Å². The van der Waals surface area contributed by atoms with Crippen LogP contribution in [0.4, 0.5) is 0 Å². The second kappa shape index (κ2) is 2.69. The zero-order valence-electron chi connectivity index (χ0n) is 7.86. The molecule has 0 spiro atoms. The largest absolute Gasteiger partial charge is 0.299 e. The summed E-state index contributed by atoms with van der Waals surface area (Å²) in [6.45, 7) is 6.29. The fourth-order valence-corrected chi connectivity index (χ4v) is 2.51. The molecule has 1 saturated carbocycles. The number of hydrogen-bond acceptors (Lipinski definition) is 1. The van der Waals surface area contributed by atoms with E-state index in [0.717, 1.165) is 6.29 Å². The first-order valence-electron chi connectivity index (χ1n) is 4.69. The number of carbonyl (C=O) groups is 1. The molecular formula is C12H14O. The molecule has 0 aromatic carbocycles. The minimum absolute atomic E-state index is 0.0281. The number of hydrogen-bond donors (Lipinski definition) is 0. The van der Waals surface area contributed by atoms with E-state index in [1.807, 2.05) is 6.08 Å². The van der Waals surface area contributed by atoms with E-state index >= 15 is 0 Å². The van der Waals surface area contributed by atoms with Crippen LogP contribution in [0.3, 0.4) is 0 Å². The summed E-state index contributed by atoms with van der Waals surface area (Å²) in [6.07, 6.45) is 10.1. The Bertz CT molecular complexity index is 311. The van der Waals surface area contributed by atoms with E-state index in [1.54, 1.807) is 6.08 Å². The molecule has 0 aromatic rings. The van der Waals surface area contributed by atoms with Crippen LogP contribution in [0.2, 0.25) is 0 Å². The molecule has 1 fully saturated rings. The molecule has 2 rings (SSSR count). The third-order valence-electron chi connectivity index (χ3n) is 3.51. The summed E-state index contributed by atoms with van der Waals surface area (Å²) in [5.74, 6) is 1.10. The van der Waals surface area contributed by atoms with E-state index < -0.39 is 0 Å². The Morgan fingerprint density at radius 2 is 2.38 bits per heavy atom. The minimum Gasteiger partial charge on any atom is -0.299 e. The Morgan fingerprint density at radius 3 is 2.92 bits per heavy atom. The lowest BCUT2D eigenvalue weighted by Gasteiger charge is -2.29. The van der Waals surface area contributed by atoms with Crippen LogP contribution in [0, 0.1) is 17.3 Å². The van der Waals surface area contributed by atoms with E-state index in [2.05, 4.69) is 25.7 Å². The van der Waals surface area contributed by atoms with Crippen molar-refractivity contribution < 1.29 is 4.79 Å². The maximum absolute atomic E-state index is 10.3. The first-order valence-corrected chi connectivity index (χ1v) is 4.69. The van der Waals surface area contributed by atoms with Crippen molar-refractivity contribution in [1.82, 2.24) is 0 Å². The Balaban J connectivity index is 2.33. The lowest BCUT2D eigenvalue weighted by Crippen LogP contribution is -2.21. The Hall–Kier alpha value is -1.11. The van der Waals surface area contributed by atoms with Gasteiger partial charge in [-0.3, -0.25) is 4.79 Å². The quantitative estimate of drug-likeness (QED) is 0.357. The SMILES string of the molecule is C=C1[C@@H]2C=C[C@@H](C2)[C@]1(C)/C=C\C=O. The Labute approximate surface area is 78.8 Å². The fourth-order valence-electron chi connectivity index (χ4n) is 2.51. The first kappa shape index (κ1) is 8.49. The highest BCUT2D eigenvalue weighted by Gasteiger charge is 2.46.